The minimum atomic E-state index is -1.23. The van der Waals surface area contributed by atoms with Crippen molar-refractivity contribution in [1.29, 1.82) is 0 Å². The predicted molar refractivity (Wildman–Crippen MR) is 102 cm³/mol. The van der Waals surface area contributed by atoms with Gasteiger partial charge in [-0.1, -0.05) is 12.1 Å². The first-order chi connectivity index (χ1) is 12.4. The molecule has 0 spiro atoms. The van der Waals surface area contributed by atoms with Crippen molar-refractivity contribution in [2.24, 2.45) is 9.98 Å². The number of carbonyl (C=O) groups is 2. The summed E-state index contributed by atoms with van der Waals surface area (Å²) >= 11 is 0. The molecule has 0 aliphatic carbocycles. The molecular weight excluding hydrogens is 494 g/mol. The van der Waals surface area contributed by atoms with Gasteiger partial charge in [0.05, 0.1) is 13.1 Å². The molecule has 1 radical (unpaired) electrons. The van der Waals surface area contributed by atoms with Crippen molar-refractivity contribution >= 4 is 24.4 Å². The summed E-state index contributed by atoms with van der Waals surface area (Å²) in [6.07, 6.45) is 2.69. The van der Waals surface area contributed by atoms with Crippen LogP contribution in [-0.2, 0) is 33.6 Å². The summed E-state index contributed by atoms with van der Waals surface area (Å²) in [4.78, 5) is 30.0. The van der Waals surface area contributed by atoms with Gasteiger partial charge < -0.3 is 31.4 Å². The second kappa shape index (κ2) is 15.1. The molecular formula is C18H20CuN2NiO8. The molecule has 0 saturated heterocycles. The van der Waals surface area contributed by atoms with E-state index in [1.807, 2.05) is 0 Å². The van der Waals surface area contributed by atoms with E-state index in [2.05, 4.69) is 9.98 Å². The Hall–Kier alpha value is -2.75. The van der Waals surface area contributed by atoms with Crippen LogP contribution < -0.4 is 0 Å². The molecule has 0 atom stereocenters. The van der Waals surface area contributed by atoms with Crippen LogP contribution in [0.1, 0.15) is 31.8 Å². The molecule has 171 valence electrons. The molecule has 10 nitrogen and oxygen atoms in total. The second-order valence-electron chi connectivity index (χ2n) is 5.17. The smallest absolute Gasteiger partial charge is 0.339 e. The molecule has 0 saturated carbocycles. The molecule has 8 N–H and O–H groups in total. The summed E-state index contributed by atoms with van der Waals surface area (Å²) in [6, 6.07) is 8.64. The largest absolute Gasteiger partial charge is 0.506 e. The summed E-state index contributed by atoms with van der Waals surface area (Å²) in [7, 11) is 0. The Morgan fingerprint density at radius 2 is 1.10 bits per heavy atom. The van der Waals surface area contributed by atoms with Gasteiger partial charge in [0.25, 0.3) is 0 Å². The molecule has 0 heterocycles. The summed E-state index contributed by atoms with van der Waals surface area (Å²) in [5.74, 6) is -3.18. The van der Waals surface area contributed by atoms with E-state index in [-0.39, 0.29) is 91.4 Å². The van der Waals surface area contributed by atoms with Crippen molar-refractivity contribution in [3.05, 3.63) is 58.7 Å². The number of aromatic carboxylic acids is 2. The van der Waals surface area contributed by atoms with Gasteiger partial charge in [0.1, 0.15) is 22.6 Å². The molecule has 0 aliphatic heterocycles. The monoisotopic (exact) mass is 513 g/mol. The maximum Gasteiger partial charge on any atom is 0.339 e. The van der Waals surface area contributed by atoms with Gasteiger partial charge in [0.2, 0.25) is 0 Å². The standard InChI is InChI=1S/C18H16N2O6.Cu.Ni.2H2O/c21-15-11(3-1-5-13(15)17(23)24)9-19-7-8-20-10-12-4-2-6-14(16(12)22)18(25)26;;;;/h1-6,9-10,21-22H,7-8H2,(H,23,24)(H,25,26);;;2*1H2. The third-order valence-corrected chi connectivity index (χ3v) is 3.41. The Morgan fingerprint density at radius 3 is 1.40 bits per heavy atom. The van der Waals surface area contributed by atoms with Crippen LogP contribution in [0.2, 0.25) is 0 Å². The van der Waals surface area contributed by atoms with E-state index in [4.69, 9.17) is 10.2 Å². The molecule has 2 aromatic carbocycles. The van der Waals surface area contributed by atoms with E-state index < -0.39 is 11.9 Å². The van der Waals surface area contributed by atoms with Gasteiger partial charge in [-0.2, -0.15) is 0 Å². The van der Waals surface area contributed by atoms with Crippen LogP contribution in [0.15, 0.2) is 46.4 Å². The number of para-hydroxylation sites is 2. The zero-order valence-corrected chi connectivity index (χ0v) is 17.1. The van der Waals surface area contributed by atoms with Crippen molar-refractivity contribution in [1.82, 2.24) is 0 Å². The SMILES string of the molecule is O.O.O=C(O)c1cccc(C=NCCN=Cc2cccc(C(=O)O)c2O)c1O.[Cu].[Ni]. The first-order valence-corrected chi connectivity index (χ1v) is 7.52. The Bertz CT molecular complexity index is 832. The van der Waals surface area contributed by atoms with Crippen LogP contribution in [-0.4, -0.2) is 68.8 Å². The van der Waals surface area contributed by atoms with E-state index in [0.717, 1.165) is 0 Å². The van der Waals surface area contributed by atoms with Crippen LogP contribution >= 0.6 is 0 Å². The van der Waals surface area contributed by atoms with Crippen molar-refractivity contribution in [2.75, 3.05) is 13.1 Å². The molecule has 0 bridgehead atoms. The normalized spacial score (nSPS) is 9.73. The minimum absolute atomic E-state index is 0. The van der Waals surface area contributed by atoms with E-state index in [1.54, 1.807) is 0 Å². The van der Waals surface area contributed by atoms with Crippen LogP contribution in [0.25, 0.3) is 0 Å². The second-order valence-corrected chi connectivity index (χ2v) is 5.17. The summed E-state index contributed by atoms with van der Waals surface area (Å²) in [5, 5.41) is 37.5. The third kappa shape index (κ3) is 8.32. The molecule has 2 aromatic rings. The molecule has 0 unspecified atom stereocenters. The van der Waals surface area contributed by atoms with Gasteiger partial charge in [-0.05, 0) is 24.3 Å². The summed E-state index contributed by atoms with van der Waals surface area (Å²) in [5.41, 5.74) is 0.142. The molecule has 0 amide bonds. The number of phenols is 2. The van der Waals surface area contributed by atoms with Gasteiger partial charge in [0.15, 0.2) is 0 Å². The van der Waals surface area contributed by atoms with E-state index in [0.29, 0.717) is 0 Å². The Morgan fingerprint density at radius 1 is 0.767 bits per heavy atom. The molecule has 0 aliphatic rings. The number of hydrogen-bond donors (Lipinski definition) is 4. The first-order valence-electron chi connectivity index (χ1n) is 7.52. The number of rotatable bonds is 7. The topological polar surface area (TPSA) is 203 Å². The van der Waals surface area contributed by atoms with Gasteiger partial charge >= 0.3 is 11.9 Å². The maximum absolute atomic E-state index is 10.9. The summed E-state index contributed by atoms with van der Waals surface area (Å²) < 4.78 is 0. The van der Waals surface area contributed by atoms with Crippen molar-refractivity contribution < 1.29 is 74.5 Å². The molecule has 12 heteroatoms. The number of carboxylic acids is 2. The van der Waals surface area contributed by atoms with Crippen molar-refractivity contribution in [3.63, 3.8) is 0 Å². The molecule has 0 aromatic heterocycles. The number of carboxylic acid groups (broad SMARTS) is 2. The average molecular weight is 515 g/mol. The molecule has 0 fully saturated rings. The van der Waals surface area contributed by atoms with E-state index in [9.17, 15) is 19.8 Å². The van der Waals surface area contributed by atoms with Crippen LogP contribution in [0.3, 0.4) is 0 Å². The van der Waals surface area contributed by atoms with Gasteiger partial charge in [-0.15, -0.1) is 0 Å². The average Bonchev–Trinajstić information content (AvgIpc) is 2.60. The van der Waals surface area contributed by atoms with Crippen molar-refractivity contribution in [2.45, 2.75) is 0 Å². The number of aliphatic imine (C=N–C) groups is 2. The van der Waals surface area contributed by atoms with Gasteiger partial charge in [0, 0.05) is 57.1 Å². The number of nitrogens with zero attached hydrogens (tertiary/aromatic N) is 2. The fourth-order valence-corrected chi connectivity index (χ4v) is 2.12. The zero-order chi connectivity index (χ0) is 19.1. The van der Waals surface area contributed by atoms with Crippen LogP contribution in [0, 0.1) is 0 Å². The number of benzene rings is 2. The summed E-state index contributed by atoms with van der Waals surface area (Å²) in [6.45, 7) is 0.513. The Balaban J connectivity index is -0.00000182. The van der Waals surface area contributed by atoms with Crippen molar-refractivity contribution in [3.8, 4) is 11.5 Å². The van der Waals surface area contributed by atoms with E-state index in [1.165, 1.54) is 48.8 Å². The fraction of sp³-hybridized carbons (Fsp3) is 0.111. The zero-order valence-electron chi connectivity index (χ0n) is 15.2. The molecule has 30 heavy (non-hydrogen) atoms. The van der Waals surface area contributed by atoms with E-state index >= 15 is 0 Å². The fourth-order valence-electron chi connectivity index (χ4n) is 2.12. The van der Waals surface area contributed by atoms with Gasteiger partial charge in [-0.3, -0.25) is 9.98 Å². The maximum atomic E-state index is 10.9. The Labute approximate surface area is 192 Å². The Kier molecular flexibility index (Phi) is 16.1. The number of hydrogen-bond acceptors (Lipinski definition) is 6. The first kappa shape index (κ1) is 31.9. The molecule has 2 rings (SSSR count). The van der Waals surface area contributed by atoms with Crippen LogP contribution in [0.5, 0.6) is 11.5 Å². The quantitative estimate of drug-likeness (QED) is 0.233. The number of aromatic hydroxyl groups is 2. The third-order valence-electron chi connectivity index (χ3n) is 3.41. The van der Waals surface area contributed by atoms with Gasteiger partial charge in [-0.25, -0.2) is 9.59 Å². The van der Waals surface area contributed by atoms with Crippen LogP contribution in [0.4, 0.5) is 0 Å². The minimum Gasteiger partial charge on any atom is -0.506 e. The predicted octanol–water partition coefficient (Wildman–Crippen LogP) is 0.378.